The monoisotopic (exact) mass is 340 g/mol. The molecule has 1 N–H and O–H groups in total. The summed E-state index contributed by atoms with van der Waals surface area (Å²) in [5.41, 5.74) is 0. The van der Waals surface area contributed by atoms with E-state index in [1.54, 1.807) is 0 Å². The topological polar surface area (TPSA) is 46.5 Å². The average Bonchev–Trinajstić information content (AvgIpc) is 3.12. The Morgan fingerprint density at radius 1 is 1.13 bits per heavy atom. The summed E-state index contributed by atoms with van der Waals surface area (Å²) < 4.78 is 6.17. The van der Waals surface area contributed by atoms with Crippen LogP contribution in [-0.4, -0.2) is 34.3 Å². The Morgan fingerprint density at radius 2 is 1.91 bits per heavy atom. The summed E-state index contributed by atoms with van der Waals surface area (Å²) in [5, 5.41) is 9.37. The van der Waals surface area contributed by atoms with E-state index in [9.17, 15) is 4.79 Å². The van der Waals surface area contributed by atoms with Crippen LogP contribution in [0, 0.1) is 5.92 Å². The van der Waals surface area contributed by atoms with Gasteiger partial charge in [0.15, 0.2) is 0 Å². The first-order valence-corrected chi connectivity index (χ1v) is 10.4. The van der Waals surface area contributed by atoms with E-state index in [0.29, 0.717) is 23.9 Å². The first kappa shape index (κ1) is 18.9. The summed E-state index contributed by atoms with van der Waals surface area (Å²) >= 11 is 2.14. The number of carbonyl (C=O) groups is 1. The van der Waals surface area contributed by atoms with Crippen LogP contribution in [0.1, 0.15) is 70.6 Å². The Hall–Kier alpha value is -0.480. The molecule has 2 bridgehead atoms. The second-order valence-corrected chi connectivity index (χ2v) is 8.21. The lowest BCUT2D eigenvalue weighted by molar-refractivity contribution is -0.137. The molecule has 0 amide bonds. The van der Waals surface area contributed by atoms with Crippen molar-refractivity contribution >= 4 is 17.7 Å². The molecule has 0 aliphatic carbocycles. The number of unbranched alkanes of at least 4 members (excludes halogenated alkanes) is 5. The Balaban J connectivity index is 1.62. The van der Waals surface area contributed by atoms with E-state index in [-0.39, 0.29) is 0 Å². The molecule has 4 atom stereocenters. The zero-order valence-corrected chi connectivity index (χ0v) is 15.1. The predicted molar refractivity (Wildman–Crippen MR) is 97.0 cm³/mol. The number of rotatable bonds is 13. The van der Waals surface area contributed by atoms with Gasteiger partial charge in [0.2, 0.25) is 0 Å². The predicted octanol–water partition coefficient (Wildman–Crippen LogP) is 5.05. The van der Waals surface area contributed by atoms with Gasteiger partial charge >= 0.3 is 5.97 Å². The lowest BCUT2D eigenvalue weighted by Gasteiger charge is -2.27. The Kier molecular flexibility index (Phi) is 8.52. The minimum absolute atomic E-state index is 0.320. The van der Waals surface area contributed by atoms with Gasteiger partial charge in [-0.3, -0.25) is 4.79 Å². The molecule has 0 aromatic rings. The summed E-state index contributed by atoms with van der Waals surface area (Å²) in [7, 11) is 0. The number of aliphatic carboxylic acids is 1. The number of carboxylic acid groups (broad SMARTS) is 1. The highest BCUT2D eigenvalue weighted by atomic mass is 32.2. The third-order valence-electron chi connectivity index (χ3n) is 5.14. The third kappa shape index (κ3) is 6.15. The number of hydrogen-bond donors (Lipinski definition) is 1. The summed E-state index contributed by atoms with van der Waals surface area (Å²) in [4.78, 5) is 10.5. The molecule has 3 nitrogen and oxygen atoms in total. The van der Waals surface area contributed by atoms with Crippen LogP contribution in [0.3, 0.4) is 0 Å². The molecule has 2 rings (SSSR count). The number of ether oxygens (including phenoxy) is 1. The molecule has 0 radical (unpaired) electrons. The summed E-state index contributed by atoms with van der Waals surface area (Å²) in [5.74, 6) is 1.32. The van der Waals surface area contributed by atoms with Crippen LogP contribution in [0.2, 0.25) is 0 Å². The molecule has 23 heavy (non-hydrogen) atoms. The van der Waals surface area contributed by atoms with Gasteiger partial charge in [0, 0.05) is 11.7 Å². The minimum atomic E-state index is -0.667. The molecule has 2 fully saturated rings. The highest BCUT2D eigenvalue weighted by Crippen LogP contribution is 2.47. The Labute approximate surface area is 145 Å². The van der Waals surface area contributed by atoms with Crippen molar-refractivity contribution in [1.82, 2.24) is 0 Å². The van der Waals surface area contributed by atoms with E-state index >= 15 is 0 Å². The molecule has 4 unspecified atom stereocenters. The van der Waals surface area contributed by atoms with E-state index < -0.39 is 5.97 Å². The van der Waals surface area contributed by atoms with Gasteiger partial charge in [-0.05, 0) is 56.6 Å². The van der Waals surface area contributed by atoms with E-state index in [1.807, 2.05) is 6.08 Å². The summed E-state index contributed by atoms with van der Waals surface area (Å²) in [6, 6.07) is 0. The smallest absolute Gasteiger partial charge is 0.303 e. The van der Waals surface area contributed by atoms with Crippen molar-refractivity contribution in [3.05, 3.63) is 12.7 Å². The lowest BCUT2D eigenvalue weighted by atomic mass is 9.85. The Morgan fingerprint density at radius 3 is 2.70 bits per heavy atom. The fourth-order valence-electron chi connectivity index (χ4n) is 3.93. The lowest BCUT2D eigenvalue weighted by Crippen LogP contribution is -2.30. The van der Waals surface area contributed by atoms with Crippen molar-refractivity contribution in [3.8, 4) is 0 Å². The molecule has 0 spiro atoms. The molecule has 4 heteroatoms. The van der Waals surface area contributed by atoms with E-state index in [1.165, 1.54) is 44.3 Å². The van der Waals surface area contributed by atoms with E-state index in [0.717, 1.165) is 31.6 Å². The maximum atomic E-state index is 10.5. The van der Waals surface area contributed by atoms with Crippen LogP contribution in [-0.2, 0) is 9.53 Å². The van der Waals surface area contributed by atoms with Crippen molar-refractivity contribution in [2.24, 2.45) is 5.92 Å². The van der Waals surface area contributed by atoms with Gasteiger partial charge in [-0.15, -0.1) is 6.58 Å². The SMILES string of the molecule is C=CCCCCSC1C2CCC(O2)C1CCCCCCC(=O)O. The number of hydrogen-bond acceptors (Lipinski definition) is 3. The summed E-state index contributed by atoms with van der Waals surface area (Å²) in [6.07, 6.45) is 15.0. The first-order valence-electron chi connectivity index (χ1n) is 9.32. The molecule has 2 saturated heterocycles. The van der Waals surface area contributed by atoms with Gasteiger partial charge in [-0.1, -0.05) is 25.3 Å². The molecule has 0 aromatic heterocycles. The van der Waals surface area contributed by atoms with E-state index in [4.69, 9.17) is 9.84 Å². The quantitative estimate of drug-likeness (QED) is 0.376. The molecule has 0 saturated carbocycles. The average molecular weight is 341 g/mol. The normalized spacial score (nSPS) is 29.0. The number of carboxylic acids is 1. The third-order valence-corrected chi connectivity index (χ3v) is 6.70. The maximum Gasteiger partial charge on any atom is 0.303 e. The van der Waals surface area contributed by atoms with Gasteiger partial charge in [0.05, 0.1) is 12.2 Å². The van der Waals surface area contributed by atoms with E-state index in [2.05, 4.69) is 18.3 Å². The highest BCUT2D eigenvalue weighted by molar-refractivity contribution is 7.99. The maximum absolute atomic E-state index is 10.5. The zero-order chi connectivity index (χ0) is 16.5. The largest absolute Gasteiger partial charge is 0.481 e. The molecule has 132 valence electrons. The standard InChI is InChI=1S/C19H32O3S/c1-2-3-4-9-14-23-19-15(16-12-13-17(19)22-16)10-7-5-6-8-11-18(20)21/h2,15-17,19H,1,3-14H2,(H,20,21). The van der Waals surface area contributed by atoms with Gasteiger partial charge < -0.3 is 9.84 Å². The van der Waals surface area contributed by atoms with Gasteiger partial charge in [0.25, 0.3) is 0 Å². The van der Waals surface area contributed by atoms with Gasteiger partial charge in [-0.2, -0.15) is 11.8 Å². The van der Waals surface area contributed by atoms with Crippen molar-refractivity contribution in [3.63, 3.8) is 0 Å². The second-order valence-electron chi connectivity index (χ2n) is 6.92. The van der Waals surface area contributed by atoms with Crippen LogP contribution < -0.4 is 0 Å². The molecular formula is C19H32O3S. The van der Waals surface area contributed by atoms with Gasteiger partial charge in [-0.25, -0.2) is 0 Å². The molecular weight excluding hydrogens is 308 g/mol. The fraction of sp³-hybridized carbons (Fsp3) is 0.842. The molecule has 2 heterocycles. The van der Waals surface area contributed by atoms with Crippen LogP contribution in [0.4, 0.5) is 0 Å². The minimum Gasteiger partial charge on any atom is -0.481 e. The molecule has 2 aliphatic rings. The van der Waals surface area contributed by atoms with Gasteiger partial charge in [0.1, 0.15) is 0 Å². The molecule has 2 aliphatic heterocycles. The summed E-state index contributed by atoms with van der Waals surface area (Å²) in [6.45, 7) is 3.78. The number of fused-ring (bicyclic) bond motifs is 2. The van der Waals surface area contributed by atoms with Crippen molar-refractivity contribution in [2.75, 3.05) is 5.75 Å². The number of allylic oxidation sites excluding steroid dienone is 1. The zero-order valence-electron chi connectivity index (χ0n) is 14.3. The van der Waals surface area contributed by atoms with Crippen molar-refractivity contribution in [2.45, 2.75) is 88.1 Å². The Bertz CT molecular complexity index is 372. The van der Waals surface area contributed by atoms with Crippen LogP contribution in [0.5, 0.6) is 0 Å². The van der Waals surface area contributed by atoms with Crippen molar-refractivity contribution in [1.29, 1.82) is 0 Å². The first-order chi connectivity index (χ1) is 11.2. The fourth-order valence-corrected chi connectivity index (χ4v) is 5.55. The van der Waals surface area contributed by atoms with Crippen LogP contribution >= 0.6 is 11.8 Å². The van der Waals surface area contributed by atoms with Crippen LogP contribution in [0.25, 0.3) is 0 Å². The van der Waals surface area contributed by atoms with Crippen molar-refractivity contribution < 1.29 is 14.6 Å². The number of thioether (sulfide) groups is 1. The highest BCUT2D eigenvalue weighted by Gasteiger charge is 2.48. The van der Waals surface area contributed by atoms with Crippen LogP contribution in [0.15, 0.2) is 12.7 Å². The molecule has 0 aromatic carbocycles. The second kappa shape index (κ2) is 10.4.